The Hall–Kier alpha value is -2.05. The minimum atomic E-state index is -4.55. The lowest BCUT2D eigenvalue weighted by atomic mass is 10.1. The number of hydrogen-bond acceptors (Lipinski definition) is 2. The highest BCUT2D eigenvalue weighted by atomic mass is 19.4. The van der Waals surface area contributed by atoms with Crippen LogP contribution in [0, 0.1) is 0 Å². The molecular formula is C13H13F3N2O2. The normalized spacial score (nSPS) is 12.3. The van der Waals surface area contributed by atoms with E-state index in [4.69, 9.17) is 5.11 Å². The van der Waals surface area contributed by atoms with Crippen LogP contribution in [0.1, 0.15) is 31.3 Å². The fourth-order valence-electron chi connectivity index (χ4n) is 2.15. The predicted octanol–water partition coefficient (Wildman–Crippen LogP) is 3.26. The van der Waals surface area contributed by atoms with Crippen LogP contribution in [0.4, 0.5) is 13.2 Å². The molecule has 0 saturated heterocycles. The summed E-state index contributed by atoms with van der Waals surface area (Å²) < 4.78 is 40.1. The monoisotopic (exact) mass is 286 g/mol. The molecule has 0 aliphatic heterocycles. The molecule has 0 amide bonds. The smallest absolute Gasteiger partial charge is 0.449 e. The molecule has 20 heavy (non-hydrogen) atoms. The second kappa shape index (κ2) is 4.81. The average molecular weight is 286 g/mol. The maximum absolute atomic E-state index is 13.0. The van der Waals surface area contributed by atoms with Crippen molar-refractivity contribution in [1.29, 1.82) is 0 Å². The zero-order valence-electron chi connectivity index (χ0n) is 10.9. The van der Waals surface area contributed by atoms with Gasteiger partial charge >= 0.3 is 12.1 Å². The third kappa shape index (κ3) is 2.61. The molecule has 0 spiro atoms. The van der Waals surface area contributed by atoms with E-state index < -0.39 is 24.0 Å². The minimum absolute atomic E-state index is 0.157. The van der Waals surface area contributed by atoms with Gasteiger partial charge in [0.1, 0.15) is 0 Å². The van der Waals surface area contributed by atoms with Crippen molar-refractivity contribution in [2.45, 2.75) is 32.5 Å². The summed E-state index contributed by atoms with van der Waals surface area (Å²) in [7, 11) is 0. The summed E-state index contributed by atoms with van der Waals surface area (Å²) in [6.07, 6.45) is -4.79. The van der Waals surface area contributed by atoms with Gasteiger partial charge in [-0.1, -0.05) is 6.07 Å². The number of alkyl halides is 3. The number of hydrogen-bond donors (Lipinski definition) is 1. The van der Waals surface area contributed by atoms with Gasteiger partial charge in [0.2, 0.25) is 5.82 Å². The Morgan fingerprint density at radius 1 is 1.40 bits per heavy atom. The zero-order chi connectivity index (χ0) is 15.1. The molecule has 0 fully saturated rings. The SMILES string of the molecule is CC(C)n1c(C(F)(F)F)nc2cc(CC(=O)O)ccc21. The van der Waals surface area contributed by atoms with Crippen LogP contribution in [0.5, 0.6) is 0 Å². The number of fused-ring (bicyclic) bond motifs is 1. The second-order valence-corrected chi connectivity index (χ2v) is 4.79. The van der Waals surface area contributed by atoms with Crippen molar-refractivity contribution in [1.82, 2.24) is 9.55 Å². The predicted molar refractivity (Wildman–Crippen MR) is 66.5 cm³/mol. The number of aliphatic carboxylic acids is 1. The van der Waals surface area contributed by atoms with Gasteiger partial charge in [0, 0.05) is 6.04 Å². The highest BCUT2D eigenvalue weighted by molar-refractivity contribution is 5.79. The minimum Gasteiger partial charge on any atom is -0.481 e. The quantitative estimate of drug-likeness (QED) is 0.942. The van der Waals surface area contributed by atoms with Crippen molar-refractivity contribution in [2.75, 3.05) is 0 Å². The summed E-state index contributed by atoms with van der Waals surface area (Å²) in [5, 5.41) is 8.71. The van der Waals surface area contributed by atoms with E-state index in [-0.39, 0.29) is 11.9 Å². The molecule has 4 nitrogen and oxygen atoms in total. The molecule has 108 valence electrons. The lowest BCUT2D eigenvalue weighted by Crippen LogP contribution is -2.16. The maximum atomic E-state index is 13.0. The molecule has 0 aliphatic rings. The third-order valence-electron chi connectivity index (χ3n) is 2.88. The molecule has 0 atom stereocenters. The summed E-state index contributed by atoms with van der Waals surface area (Å²) in [5.41, 5.74) is 0.929. The second-order valence-electron chi connectivity index (χ2n) is 4.79. The van der Waals surface area contributed by atoms with E-state index >= 15 is 0 Å². The molecule has 0 saturated carbocycles. The van der Waals surface area contributed by atoms with E-state index in [0.717, 1.165) is 4.57 Å². The molecule has 7 heteroatoms. The topological polar surface area (TPSA) is 55.1 Å². The van der Waals surface area contributed by atoms with Crippen molar-refractivity contribution in [3.8, 4) is 0 Å². The molecule has 1 aromatic heterocycles. The van der Waals surface area contributed by atoms with E-state index in [1.807, 2.05) is 0 Å². The van der Waals surface area contributed by atoms with E-state index in [9.17, 15) is 18.0 Å². The van der Waals surface area contributed by atoms with Crippen LogP contribution in [0.15, 0.2) is 18.2 Å². The van der Waals surface area contributed by atoms with E-state index in [1.165, 1.54) is 18.2 Å². The molecule has 1 N–H and O–H groups in total. The molecule has 0 aliphatic carbocycles. The first-order chi connectivity index (χ1) is 9.20. The fourth-order valence-corrected chi connectivity index (χ4v) is 2.15. The number of halogens is 3. The van der Waals surface area contributed by atoms with E-state index in [2.05, 4.69) is 4.98 Å². The van der Waals surface area contributed by atoms with Gasteiger partial charge in [0.05, 0.1) is 17.5 Å². The summed E-state index contributed by atoms with van der Waals surface area (Å²) >= 11 is 0. The molecule has 0 bridgehead atoms. The van der Waals surface area contributed by atoms with Crippen LogP contribution >= 0.6 is 0 Å². The molecule has 2 rings (SSSR count). The summed E-state index contributed by atoms with van der Waals surface area (Å²) in [6.45, 7) is 3.28. The number of rotatable bonds is 3. The van der Waals surface area contributed by atoms with Crippen LogP contribution in [-0.2, 0) is 17.4 Å². The summed E-state index contributed by atoms with van der Waals surface area (Å²) in [4.78, 5) is 14.3. The first-order valence-corrected chi connectivity index (χ1v) is 6.00. The van der Waals surface area contributed by atoms with Crippen LogP contribution in [0.3, 0.4) is 0 Å². The molecular weight excluding hydrogens is 273 g/mol. The van der Waals surface area contributed by atoms with Gasteiger partial charge in [-0.2, -0.15) is 13.2 Å². The van der Waals surface area contributed by atoms with E-state index in [0.29, 0.717) is 11.1 Å². The number of benzene rings is 1. The Morgan fingerprint density at radius 2 is 2.05 bits per heavy atom. The molecule has 1 aromatic carbocycles. The summed E-state index contributed by atoms with van der Waals surface area (Å²) in [5.74, 6) is -2.00. The van der Waals surface area contributed by atoms with Gasteiger partial charge in [0.25, 0.3) is 0 Å². The van der Waals surface area contributed by atoms with Crippen molar-refractivity contribution >= 4 is 17.0 Å². The highest BCUT2D eigenvalue weighted by Crippen LogP contribution is 2.33. The molecule has 1 heterocycles. The van der Waals surface area contributed by atoms with Gasteiger partial charge < -0.3 is 9.67 Å². The Morgan fingerprint density at radius 3 is 2.55 bits per heavy atom. The van der Waals surface area contributed by atoms with Crippen LogP contribution in [0.2, 0.25) is 0 Å². The fraction of sp³-hybridized carbons (Fsp3) is 0.385. The maximum Gasteiger partial charge on any atom is 0.449 e. The van der Waals surface area contributed by atoms with E-state index in [1.54, 1.807) is 13.8 Å². The van der Waals surface area contributed by atoms with Gasteiger partial charge in [0.15, 0.2) is 0 Å². The lowest BCUT2D eigenvalue weighted by molar-refractivity contribution is -0.147. The average Bonchev–Trinajstić information content (AvgIpc) is 2.66. The lowest BCUT2D eigenvalue weighted by Gasteiger charge is -2.14. The molecule has 2 aromatic rings. The Labute approximate surface area is 112 Å². The van der Waals surface area contributed by atoms with Crippen molar-refractivity contribution in [3.05, 3.63) is 29.6 Å². The molecule has 0 radical (unpaired) electrons. The van der Waals surface area contributed by atoms with Gasteiger partial charge in [-0.15, -0.1) is 0 Å². The van der Waals surface area contributed by atoms with Crippen LogP contribution in [0.25, 0.3) is 11.0 Å². The molecule has 0 unspecified atom stereocenters. The first kappa shape index (κ1) is 14.4. The van der Waals surface area contributed by atoms with Crippen LogP contribution in [-0.4, -0.2) is 20.6 Å². The van der Waals surface area contributed by atoms with Gasteiger partial charge in [-0.05, 0) is 31.5 Å². The number of nitrogens with zero attached hydrogens (tertiary/aromatic N) is 2. The Kier molecular flexibility index (Phi) is 3.45. The Bertz CT molecular complexity index is 659. The van der Waals surface area contributed by atoms with Gasteiger partial charge in [-0.3, -0.25) is 4.79 Å². The van der Waals surface area contributed by atoms with Crippen molar-refractivity contribution in [3.63, 3.8) is 0 Å². The standard InChI is InChI=1S/C13H13F3N2O2/c1-7(2)18-10-4-3-8(6-11(19)20)5-9(10)17-12(18)13(14,15)16/h3-5,7H,6H2,1-2H3,(H,19,20). The first-order valence-electron chi connectivity index (χ1n) is 6.00. The Balaban J connectivity index is 2.64. The van der Waals surface area contributed by atoms with Crippen molar-refractivity contribution in [2.24, 2.45) is 0 Å². The number of imidazole rings is 1. The van der Waals surface area contributed by atoms with Gasteiger partial charge in [-0.25, -0.2) is 4.98 Å². The number of aromatic nitrogens is 2. The zero-order valence-corrected chi connectivity index (χ0v) is 10.9. The third-order valence-corrected chi connectivity index (χ3v) is 2.88. The largest absolute Gasteiger partial charge is 0.481 e. The summed E-state index contributed by atoms with van der Waals surface area (Å²) in [6, 6.07) is 3.98. The highest BCUT2D eigenvalue weighted by Gasteiger charge is 2.38. The number of carboxylic acids is 1. The van der Waals surface area contributed by atoms with Crippen molar-refractivity contribution < 1.29 is 23.1 Å². The number of carbonyl (C=O) groups is 1. The number of carboxylic acid groups (broad SMARTS) is 1. The van der Waals surface area contributed by atoms with Crippen LogP contribution < -0.4 is 0 Å².